The van der Waals surface area contributed by atoms with Crippen molar-refractivity contribution >= 4 is 11.5 Å². The van der Waals surface area contributed by atoms with Gasteiger partial charge in [0.1, 0.15) is 11.5 Å². The van der Waals surface area contributed by atoms with E-state index in [0.29, 0.717) is 0 Å². The van der Waals surface area contributed by atoms with E-state index in [9.17, 15) is 9.59 Å². The summed E-state index contributed by atoms with van der Waals surface area (Å²) in [7, 11) is 1.48. The third-order valence-electron chi connectivity index (χ3n) is 2.81. The van der Waals surface area contributed by atoms with Crippen molar-refractivity contribution in [3.63, 3.8) is 0 Å². The van der Waals surface area contributed by atoms with Crippen LogP contribution in [0.1, 0.15) is 5.56 Å². The monoisotopic (exact) mass is 246 g/mol. The highest BCUT2D eigenvalue weighted by Crippen LogP contribution is 2.05. The molecule has 1 heterocycles. The van der Waals surface area contributed by atoms with Gasteiger partial charge in [-0.15, -0.1) is 0 Å². The molecule has 18 heavy (non-hydrogen) atoms. The quantitative estimate of drug-likeness (QED) is 0.764. The van der Waals surface area contributed by atoms with E-state index in [4.69, 9.17) is 11.5 Å². The Bertz CT molecular complexity index is 648. The number of nitrogen functional groups attached to an aromatic ring is 2. The molecule has 6 heteroatoms. The van der Waals surface area contributed by atoms with E-state index in [-0.39, 0.29) is 18.1 Å². The average molecular weight is 246 g/mol. The number of nitrogens with zero attached hydrogens (tertiary/aromatic N) is 2. The van der Waals surface area contributed by atoms with Gasteiger partial charge in [-0.25, -0.2) is 4.79 Å². The number of nitrogens with two attached hydrogens (primary N) is 2. The van der Waals surface area contributed by atoms with Gasteiger partial charge in [-0.1, -0.05) is 30.3 Å². The van der Waals surface area contributed by atoms with E-state index in [1.165, 1.54) is 11.6 Å². The molecule has 4 N–H and O–H groups in total. The summed E-state index contributed by atoms with van der Waals surface area (Å²) in [5.74, 6) is -0.00527. The molecule has 0 saturated heterocycles. The second kappa shape index (κ2) is 4.40. The van der Waals surface area contributed by atoms with Crippen molar-refractivity contribution in [3.05, 3.63) is 56.7 Å². The van der Waals surface area contributed by atoms with E-state index < -0.39 is 11.2 Å². The molecule has 1 aromatic carbocycles. The third-order valence-corrected chi connectivity index (χ3v) is 2.81. The van der Waals surface area contributed by atoms with E-state index in [0.717, 1.165) is 10.1 Å². The van der Waals surface area contributed by atoms with Gasteiger partial charge in [0, 0.05) is 7.05 Å². The van der Waals surface area contributed by atoms with E-state index in [1.54, 1.807) is 0 Å². The lowest BCUT2D eigenvalue weighted by Crippen LogP contribution is -2.41. The molecule has 2 aromatic rings. The van der Waals surface area contributed by atoms with Crippen molar-refractivity contribution in [2.75, 3.05) is 11.5 Å². The van der Waals surface area contributed by atoms with Crippen LogP contribution < -0.4 is 22.7 Å². The summed E-state index contributed by atoms with van der Waals surface area (Å²) in [5.41, 5.74) is 10.9. The van der Waals surface area contributed by atoms with Crippen molar-refractivity contribution in [1.29, 1.82) is 0 Å². The second-order valence-electron chi connectivity index (χ2n) is 4.02. The topological polar surface area (TPSA) is 96.0 Å². The molecule has 0 bridgehead atoms. The first-order chi connectivity index (χ1) is 8.52. The van der Waals surface area contributed by atoms with Crippen LogP contribution in [0.5, 0.6) is 0 Å². The Kier molecular flexibility index (Phi) is 2.93. The third kappa shape index (κ3) is 1.88. The molecule has 0 atom stereocenters. The predicted molar refractivity (Wildman–Crippen MR) is 70.3 cm³/mol. The van der Waals surface area contributed by atoms with E-state index in [2.05, 4.69) is 0 Å². The van der Waals surface area contributed by atoms with Gasteiger partial charge in [-0.05, 0) is 5.56 Å². The molecule has 0 aliphatic rings. The minimum Gasteiger partial charge on any atom is -0.391 e. The number of benzene rings is 1. The van der Waals surface area contributed by atoms with Crippen molar-refractivity contribution in [2.45, 2.75) is 6.54 Å². The zero-order valence-corrected chi connectivity index (χ0v) is 9.96. The molecule has 0 aliphatic heterocycles. The predicted octanol–water partition coefficient (Wildman–Crippen LogP) is -0.240. The molecule has 0 aliphatic carbocycles. The Morgan fingerprint density at radius 2 is 1.72 bits per heavy atom. The average Bonchev–Trinajstić information content (AvgIpc) is 2.40. The summed E-state index contributed by atoms with van der Waals surface area (Å²) in [6, 6.07) is 9.20. The molecule has 0 fully saturated rings. The lowest BCUT2D eigenvalue weighted by Gasteiger charge is -2.11. The Balaban J connectivity index is 2.60. The highest BCUT2D eigenvalue weighted by molar-refractivity contribution is 5.56. The smallest absolute Gasteiger partial charge is 0.332 e. The zero-order valence-electron chi connectivity index (χ0n) is 9.96. The fourth-order valence-corrected chi connectivity index (χ4v) is 1.71. The first-order valence-electron chi connectivity index (χ1n) is 5.41. The van der Waals surface area contributed by atoms with Crippen LogP contribution in [0.15, 0.2) is 39.9 Å². The van der Waals surface area contributed by atoms with Crippen LogP contribution >= 0.6 is 0 Å². The lowest BCUT2D eigenvalue weighted by molar-refractivity contribution is 0.649. The first kappa shape index (κ1) is 12.0. The van der Waals surface area contributed by atoms with Gasteiger partial charge in [0.25, 0.3) is 5.56 Å². The van der Waals surface area contributed by atoms with Crippen molar-refractivity contribution in [1.82, 2.24) is 9.13 Å². The Morgan fingerprint density at radius 1 is 1.11 bits per heavy atom. The summed E-state index contributed by atoms with van der Waals surface area (Å²) in [5, 5.41) is 0. The molecule has 0 saturated carbocycles. The second-order valence-corrected chi connectivity index (χ2v) is 4.02. The zero-order chi connectivity index (χ0) is 13.3. The number of hydrogen-bond donors (Lipinski definition) is 2. The van der Waals surface area contributed by atoms with Gasteiger partial charge in [0.2, 0.25) is 0 Å². The van der Waals surface area contributed by atoms with Crippen LogP contribution in [0, 0.1) is 0 Å². The number of rotatable bonds is 2. The molecule has 1 aromatic heterocycles. The summed E-state index contributed by atoms with van der Waals surface area (Å²) in [4.78, 5) is 23.9. The molecule has 0 unspecified atom stereocenters. The van der Waals surface area contributed by atoms with Crippen LogP contribution in [0.4, 0.5) is 11.5 Å². The van der Waals surface area contributed by atoms with Crippen LogP contribution in [-0.2, 0) is 13.6 Å². The standard InChI is InChI=1S/C12H14N4O2/c1-15-10(14)9(13)11(17)16(12(15)18)7-8-5-3-2-4-6-8/h2-6H,7,13-14H2,1H3. The number of aromatic nitrogens is 2. The van der Waals surface area contributed by atoms with Gasteiger partial charge in [0.15, 0.2) is 0 Å². The van der Waals surface area contributed by atoms with Crippen LogP contribution in [0.2, 0.25) is 0 Å². The van der Waals surface area contributed by atoms with Gasteiger partial charge < -0.3 is 11.5 Å². The maximum Gasteiger partial charge on any atom is 0.332 e. The van der Waals surface area contributed by atoms with Crippen molar-refractivity contribution < 1.29 is 0 Å². The Hall–Kier alpha value is -2.50. The highest BCUT2D eigenvalue weighted by atomic mass is 16.2. The molecule has 0 amide bonds. The minimum atomic E-state index is -0.556. The van der Waals surface area contributed by atoms with Gasteiger partial charge in [-0.2, -0.15) is 0 Å². The molecule has 6 nitrogen and oxygen atoms in total. The first-order valence-corrected chi connectivity index (χ1v) is 5.41. The summed E-state index contributed by atoms with van der Waals surface area (Å²) < 4.78 is 2.24. The molecule has 2 rings (SSSR count). The summed E-state index contributed by atoms with van der Waals surface area (Å²) in [6.45, 7) is 0.177. The lowest BCUT2D eigenvalue weighted by atomic mass is 10.2. The van der Waals surface area contributed by atoms with Gasteiger partial charge >= 0.3 is 5.69 Å². The highest BCUT2D eigenvalue weighted by Gasteiger charge is 2.12. The Labute approximate surface area is 103 Å². The SMILES string of the molecule is Cn1c(N)c(N)c(=O)n(Cc2ccccc2)c1=O. The maximum absolute atomic E-state index is 12.0. The molecule has 0 radical (unpaired) electrons. The van der Waals surface area contributed by atoms with Crippen molar-refractivity contribution in [2.24, 2.45) is 7.05 Å². The Morgan fingerprint density at radius 3 is 2.33 bits per heavy atom. The van der Waals surface area contributed by atoms with E-state index >= 15 is 0 Å². The number of anilines is 2. The largest absolute Gasteiger partial charge is 0.391 e. The van der Waals surface area contributed by atoms with Crippen LogP contribution in [0.25, 0.3) is 0 Å². The molecular weight excluding hydrogens is 232 g/mol. The maximum atomic E-state index is 12.0. The van der Waals surface area contributed by atoms with Crippen LogP contribution in [0.3, 0.4) is 0 Å². The summed E-state index contributed by atoms with van der Waals surface area (Å²) >= 11 is 0. The summed E-state index contributed by atoms with van der Waals surface area (Å²) in [6.07, 6.45) is 0. The van der Waals surface area contributed by atoms with Crippen molar-refractivity contribution in [3.8, 4) is 0 Å². The number of hydrogen-bond acceptors (Lipinski definition) is 4. The molecule has 0 spiro atoms. The normalized spacial score (nSPS) is 10.5. The van der Waals surface area contributed by atoms with E-state index in [1.807, 2.05) is 30.3 Å². The minimum absolute atomic E-state index is 0.00527. The fraction of sp³-hybridized carbons (Fsp3) is 0.167. The van der Waals surface area contributed by atoms with Gasteiger partial charge in [-0.3, -0.25) is 13.9 Å². The van der Waals surface area contributed by atoms with Crippen LogP contribution in [-0.4, -0.2) is 9.13 Å². The molecular formula is C12H14N4O2. The fourth-order valence-electron chi connectivity index (χ4n) is 1.71. The van der Waals surface area contributed by atoms with Gasteiger partial charge in [0.05, 0.1) is 6.54 Å². The molecule has 94 valence electrons.